The Morgan fingerprint density at radius 2 is 1.90 bits per heavy atom. The minimum Gasteiger partial charge on any atom is -0.459 e. The van der Waals surface area contributed by atoms with Crippen LogP contribution < -0.4 is 5.32 Å². The SMILES string of the molecule is CCCNC(C)c1ccc(-c2cccc(C(C)C)c2)o1. The lowest BCUT2D eigenvalue weighted by Gasteiger charge is -2.10. The number of hydrogen-bond donors (Lipinski definition) is 1. The molecule has 2 heteroatoms. The Morgan fingerprint density at radius 3 is 2.60 bits per heavy atom. The van der Waals surface area contributed by atoms with Crippen LogP contribution in [-0.2, 0) is 0 Å². The first kappa shape index (κ1) is 14.9. The van der Waals surface area contributed by atoms with Gasteiger partial charge in [-0.1, -0.05) is 39.0 Å². The molecule has 0 aliphatic heterocycles. The molecule has 1 heterocycles. The van der Waals surface area contributed by atoms with Crippen LogP contribution in [0.5, 0.6) is 0 Å². The quantitative estimate of drug-likeness (QED) is 0.787. The van der Waals surface area contributed by atoms with E-state index in [1.54, 1.807) is 0 Å². The zero-order valence-electron chi connectivity index (χ0n) is 12.9. The van der Waals surface area contributed by atoms with E-state index in [1.807, 2.05) is 0 Å². The Morgan fingerprint density at radius 1 is 1.10 bits per heavy atom. The maximum absolute atomic E-state index is 6.00. The van der Waals surface area contributed by atoms with Crippen molar-refractivity contribution in [3.05, 3.63) is 47.7 Å². The molecule has 2 nitrogen and oxygen atoms in total. The van der Waals surface area contributed by atoms with Crippen LogP contribution in [0.3, 0.4) is 0 Å². The Kier molecular flexibility index (Phi) is 5.02. The van der Waals surface area contributed by atoms with E-state index in [1.165, 1.54) is 5.56 Å². The number of benzene rings is 1. The first-order chi connectivity index (χ1) is 9.61. The maximum Gasteiger partial charge on any atom is 0.134 e. The molecule has 2 rings (SSSR count). The number of rotatable bonds is 6. The fourth-order valence-corrected chi connectivity index (χ4v) is 2.25. The van der Waals surface area contributed by atoms with Gasteiger partial charge >= 0.3 is 0 Å². The molecule has 0 aliphatic carbocycles. The summed E-state index contributed by atoms with van der Waals surface area (Å²) in [5.74, 6) is 2.49. The van der Waals surface area contributed by atoms with Crippen molar-refractivity contribution in [2.45, 2.75) is 46.1 Å². The van der Waals surface area contributed by atoms with Crippen LogP contribution in [0.2, 0.25) is 0 Å². The van der Waals surface area contributed by atoms with Crippen molar-refractivity contribution in [1.29, 1.82) is 0 Å². The molecular weight excluding hydrogens is 246 g/mol. The molecule has 0 fully saturated rings. The second kappa shape index (κ2) is 6.76. The van der Waals surface area contributed by atoms with Crippen LogP contribution in [-0.4, -0.2) is 6.54 Å². The number of furan rings is 1. The van der Waals surface area contributed by atoms with Gasteiger partial charge in [-0.2, -0.15) is 0 Å². The van der Waals surface area contributed by atoms with Crippen molar-refractivity contribution in [3.8, 4) is 11.3 Å². The Bertz CT molecular complexity index is 542. The van der Waals surface area contributed by atoms with Crippen LogP contribution in [0.15, 0.2) is 40.8 Å². The molecule has 108 valence electrons. The highest BCUT2D eigenvalue weighted by atomic mass is 16.3. The van der Waals surface area contributed by atoms with E-state index in [0.717, 1.165) is 30.0 Å². The van der Waals surface area contributed by atoms with Gasteiger partial charge in [0, 0.05) is 5.56 Å². The smallest absolute Gasteiger partial charge is 0.134 e. The standard InChI is InChI=1S/C18H25NO/c1-5-11-19-14(4)17-9-10-18(20-17)16-8-6-7-15(12-16)13(2)3/h6-10,12-14,19H,5,11H2,1-4H3. The summed E-state index contributed by atoms with van der Waals surface area (Å²) < 4.78 is 6.00. The molecule has 1 aromatic carbocycles. The lowest BCUT2D eigenvalue weighted by molar-refractivity contribution is 0.438. The van der Waals surface area contributed by atoms with E-state index >= 15 is 0 Å². The molecule has 1 aromatic heterocycles. The van der Waals surface area contributed by atoms with Crippen LogP contribution >= 0.6 is 0 Å². The van der Waals surface area contributed by atoms with E-state index in [0.29, 0.717) is 5.92 Å². The fraction of sp³-hybridized carbons (Fsp3) is 0.444. The molecule has 20 heavy (non-hydrogen) atoms. The van der Waals surface area contributed by atoms with Crippen molar-refractivity contribution < 1.29 is 4.42 Å². The van der Waals surface area contributed by atoms with E-state index < -0.39 is 0 Å². The van der Waals surface area contributed by atoms with Crippen molar-refractivity contribution in [3.63, 3.8) is 0 Å². The highest BCUT2D eigenvalue weighted by Crippen LogP contribution is 2.27. The summed E-state index contributed by atoms with van der Waals surface area (Å²) in [6.07, 6.45) is 1.13. The largest absolute Gasteiger partial charge is 0.459 e. The normalized spacial score (nSPS) is 12.8. The van der Waals surface area contributed by atoms with Crippen LogP contribution in [0.1, 0.15) is 57.4 Å². The van der Waals surface area contributed by atoms with Gasteiger partial charge in [0.25, 0.3) is 0 Å². The summed E-state index contributed by atoms with van der Waals surface area (Å²) in [6.45, 7) is 9.75. The van der Waals surface area contributed by atoms with Gasteiger partial charge in [-0.25, -0.2) is 0 Å². The summed E-state index contributed by atoms with van der Waals surface area (Å²) in [7, 11) is 0. The summed E-state index contributed by atoms with van der Waals surface area (Å²) in [5.41, 5.74) is 2.50. The number of nitrogens with one attached hydrogen (secondary N) is 1. The molecule has 1 unspecified atom stereocenters. The molecule has 1 atom stereocenters. The third-order valence-electron chi connectivity index (χ3n) is 3.59. The summed E-state index contributed by atoms with van der Waals surface area (Å²) in [4.78, 5) is 0. The Labute approximate surface area is 122 Å². The zero-order chi connectivity index (χ0) is 14.5. The summed E-state index contributed by atoms with van der Waals surface area (Å²) in [5, 5.41) is 3.45. The van der Waals surface area contributed by atoms with E-state index in [4.69, 9.17) is 4.42 Å². The van der Waals surface area contributed by atoms with Gasteiger partial charge in [-0.05, 0) is 49.6 Å². The third kappa shape index (κ3) is 3.51. The van der Waals surface area contributed by atoms with E-state index in [2.05, 4.69) is 69.4 Å². The molecule has 1 N–H and O–H groups in total. The molecule has 0 radical (unpaired) electrons. The molecule has 0 bridgehead atoms. The van der Waals surface area contributed by atoms with Crippen molar-refractivity contribution >= 4 is 0 Å². The molecule has 2 aromatic rings. The van der Waals surface area contributed by atoms with E-state index in [9.17, 15) is 0 Å². The molecule has 0 saturated heterocycles. The fourth-order valence-electron chi connectivity index (χ4n) is 2.25. The zero-order valence-corrected chi connectivity index (χ0v) is 12.9. The maximum atomic E-state index is 6.00. The molecule has 0 amide bonds. The number of hydrogen-bond acceptors (Lipinski definition) is 2. The highest BCUT2D eigenvalue weighted by molar-refractivity contribution is 5.59. The summed E-state index contributed by atoms with van der Waals surface area (Å²) >= 11 is 0. The molecule has 0 spiro atoms. The predicted molar refractivity (Wildman–Crippen MR) is 84.9 cm³/mol. The van der Waals surface area contributed by atoms with Crippen molar-refractivity contribution in [1.82, 2.24) is 5.32 Å². The van der Waals surface area contributed by atoms with Crippen LogP contribution in [0.4, 0.5) is 0 Å². The van der Waals surface area contributed by atoms with Crippen molar-refractivity contribution in [2.75, 3.05) is 6.54 Å². The molecule has 0 saturated carbocycles. The van der Waals surface area contributed by atoms with Gasteiger partial charge in [0.05, 0.1) is 6.04 Å². The first-order valence-corrected chi connectivity index (χ1v) is 7.55. The highest BCUT2D eigenvalue weighted by Gasteiger charge is 2.11. The van der Waals surface area contributed by atoms with Gasteiger partial charge in [0.2, 0.25) is 0 Å². The topological polar surface area (TPSA) is 25.2 Å². The minimum absolute atomic E-state index is 0.261. The van der Waals surface area contributed by atoms with Gasteiger partial charge in [-0.3, -0.25) is 0 Å². The van der Waals surface area contributed by atoms with Gasteiger partial charge < -0.3 is 9.73 Å². The third-order valence-corrected chi connectivity index (χ3v) is 3.59. The van der Waals surface area contributed by atoms with Crippen molar-refractivity contribution in [2.24, 2.45) is 0 Å². The van der Waals surface area contributed by atoms with Gasteiger partial charge in [0.1, 0.15) is 11.5 Å². The second-order valence-corrected chi connectivity index (χ2v) is 5.66. The average Bonchev–Trinajstić information content (AvgIpc) is 2.94. The lowest BCUT2D eigenvalue weighted by Crippen LogP contribution is -2.18. The van der Waals surface area contributed by atoms with Crippen LogP contribution in [0, 0.1) is 0 Å². The van der Waals surface area contributed by atoms with Crippen LogP contribution in [0.25, 0.3) is 11.3 Å². The Balaban J connectivity index is 2.18. The Hall–Kier alpha value is -1.54. The van der Waals surface area contributed by atoms with Gasteiger partial charge in [0.15, 0.2) is 0 Å². The molecular formula is C18H25NO. The minimum atomic E-state index is 0.261. The van der Waals surface area contributed by atoms with Gasteiger partial charge in [-0.15, -0.1) is 0 Å². The lowest BCUT2D eigenvalue weighted by atomic mass is 10.0. The predicted octanol–water partition coefficient (Wildman–Crippen LogP) is 5.13. The second-order valence-electron chi connectivity index (χ2n) is 5.66. The summed E-state index contributed by atoms with van der Waals surface area (Å²) in [6, 6.07) is 13.0. The molecule has 0 aliphatic rings. The first-order valence-electron chi connectivity index (χ1n) is 7.55. The average molecular weight is 271 g/mol. The monoisotopic (exact) mass is 271 g/mol. The van der Waals surface area contributed by atoms with E-state index in [-0.39, 0.29) is 6.04 Å².